The molecule has 2 aliphatic rings. The van der Waals surface area contributed by atoms with E-state index in [2.05, 4.69) is 39.8 Å². The van der Waals surface area contributed by atoms with Gasteiger partial charge in [0.1, 0.15) is 6.04 Å². The standard InChI is InChI=1S/C16H23N3O2/c20-16(15-12-21-9-7-17-15)18-14-6-8-19(11-14)10-13-4-2-1-3-5-13/h1-5,14-15,17H,6-12H2,(H,18,20). The first-order chi connectivity index (χ1) is 10.3. The number of carbonyl (C=O) groups excluding carboxylic acids is 1. The minimum Gasteiger partial charge on any atom is -0.378 e. The number of carbonyl (C=O) groups is 1. The quantitative estimate of drug-likeness (QED) is 0.841. The minimum atomic E-state index is -0.193. The maximum absolute atomic E-state index is 12.1. The number of rotatable bonds is 4. The molecule has 2 heterocycles. The number of hydrogen-bond donors (Lipinski definition) is 2. The number of nitrogens with zero attached hydrogens (tertiary/aromatic N) is 1. The van der Waals surface area contributed by atoms with Crippen LogP contribution in [0.25, 0.3) is 0 Å². The molecular formula is C16H23N3O2. The average Bonchev–Trinajstić information content (AvgIpc) is 2.96. The normalized spacial score (nSPS) is 26.7. The Labute approximate surface area is 125 Å². The van der Waals surface area contributed by atoms with Crippen LogP contribution < -0.4 is 10.6 Å². The van der Waals surface area contributed by atoms with Crippen LogP contribution in [0.3, 0.4) is 0 Å². The number of amides is 1. The fourth-order valence-electron chi connectivity index (χ4n) is 2.97. The summed E-state index contributed by atoms with van der Waals surface area (Å²) >= 11 is 0. The van der Waals surface area contributed by atoms with E-state index in [1.54, 1.807) is 0 Å². The Hall–Kier alpha value is -1.43. The van der Waals surface area contributed by atoms with Crippen molar-refractivity contribution in [3.63, 3.8) is 0 Å². The minimum absolute atomic E-state index is 0.0706. The van der Waals surface area contributed by atoms with Crippen molar-refractivity contribution in [3.05, 3.63) is 35.9 Å². The van der Waals surface area contributed by atoms with E-state index in [-0.39, 0.29) is 18.0 Å². The molecule has 2 saturated heterocycles. The van der Waals surface area contributed by atoms with Gasteiger partial charge >= 0.3 is 0 Å². The van der Waals surface area contributed by atoms with Crippen molar-refractivity contribution >= 4 is 5.91 Å². The predicted molar refractivity (Wildman–Crippen MR) is 80.9 cm³/mol. The molecule has 1 aromatic rings. The smallest absolute Gasteiger partial charge is 0.239 e. The Balaban J connectivity index is 1.45. The highest BCUT2D eigenvalue weighted by molar-refractivity contribution is 5.82. The Bertz CT molecular complexity index is 460. The number of hydrogen-bond acceptors (Lipinski definition) is 4. The fraction of sp³-hybridized carbons (Fsp3) is 0.562. The fourth-order valence-corrected chi connectivity index (χ4v) is 2.97. The van der Waals surface area contributed by atoms with Crippen LogP contribution in [0.15, 0.2) is 30.3 Å². The van der Waals surface area contributed by atoms with E-state index in [1.807, 2.05) is 6.07 Å². The van der Waals surface area contributed by atoms with Gasteiger partial charge in [0, 0.05) is 32.2 Å². The molecule has 2 unspecified atom stereocenters. The predicted octanol–water partition coefficient (Wildman–Crippen LogP) is 0.365. The second-order valence-electron chi connectivity index (χ2n) is 5.80. The molecule has 2 atom stereocenters. The molecule has 5 nitrogen and oxygen atoms in total. The van der Waals surface area contributed by atoms with Gasteiger partial charge in [-0.2, -0.15) is 0 Å². The van der Waals surface area contributed by atoms with Crippen LogP contribution >= 0.6 is 0 Å². The first-order valence-electron chi connectivity index (χ1n) is 7.69. The zero-order valence-electron chi connectivity index (χ0n) is 12.3. The Kier molecular flexibility index (Phi) is 4.85. The van der Waals surface area contributed by atoms with Crippen molar-refractivity contribution in [1.82, 2.24) is 15.5 Å². The van der Waals surface area contributed by atoms with Gasteiger partial charge < -0.3 is 15.4 Å². The molecule has 0 saturated carbocycles. The molecule has 1 aromatic carbocycles. The summed E-state index contributed by atoms with van der Waals surface area (Å²) in [7, 11) is 0. The highest BCUT2D eigenvalue weighted by atomic mass is 16.5. The largest absolute Gasteiger partial charge is 0.378 e. The molecule has 0 aliphatic carbocycles. The zero-order valence-corrected chi connectivity index (χ0v) is 12.3. The molecule has 2 fully saturated rings. The number of nitrogens with one attached hydrogen (secondary N) is 2. The summed E-state index contributed by atoms with van der Waals surface area (Å²) in [5.74, 6) is 0.0706. The molecule has 21 heavy (non-hydrogen) atoms. The molecule has 2 aliphatic heterocycles. The first kappa shape index (κ1) is 14.5. The van der Waals surface area contributed by atoms with Gasteiger partial charge in [0.05, 0.1) is 13.2 Å². The van der Waals surface area contributed by atoms with Gasteiger partial charge in [0.2, 0.25) is 5.91 Å². The number of morpholine rings is 1. The highest BCUT2D eigenvalue weighted by Gasteiger charge is 2.27. The van der Waals surface area contributed by atoms with Crippen molar-refractivity contribution in [2.24, 2.45) is 0 Å². The monoisotopic (exact) mass is 289 g/mol. The summed E-state index contributed by atoms with van der Waals surface area (Å²) in [5, 5.41) is 6.33. The van der Waals surface area contributed by atoms with E-state index in [9.17, 15) is 4.79 Å². The van der Waals surface area contributed by atoms with Crippen LogP contribution in [0, 0.1) is 0 Å². The topological polar surface area (TPSA) is 53.6 Å². The van der Waals surface area contributed by atoms with E-state index in [0.717, 1.165) is 32.6 Å². The molecule has 0 spiro atoms. The van der Waals surface area contributed by atoms with E-state index < -0.39 is 0 Å². The van der Waals surface area contributed by atoms with E-state index in [4.69, 9.17) is 4.74 Å². The second kappa shape index (κ2) is 7.02. The SMILES string of the molecule is O=C(NC1CCN(Cc2ccccc2)C1)C1COCCN1. The van der Waals surface area contributed by atoms with Crippen molar-refractivity contribution < 1.29 is 9.53 Å². The lowest BCUT2D eigenvalue weighted by Gasteiger charge is -2.24. The molecule has 0 aromatic heterocycles. The van der Waals surface area contributed by atoms with Gasteiger partial charge in [-0.1, -0.05) is 30.3 Å². The van der Waals surface area contributed by atoms with Crippen LogP contribution in [0.5, 0.6) is 0 Å². The van der Waals surface area contributed by atoms with Gasteiger partial charge in [-0.05, 0) is 12.0 Å². The summed E-state index contributed by atoms with van der Waals surface area (Å²) in [6.07, 6.45) is 1.02. The van der Waals surface area contributed by atoms with E-state index in [1.165, 1.54) is 5.56 Å². The summed E-state index contributed by atoms with van der Waals surface area (Å²) < 4.78 is 5.33. The average molecular weight is 289 g/mol. The zero-order chi connectivity index (χ0) is 14.5. The van der Waals surface area contributed by atoms with Crippen molar-refractivity contribution in [1.29, 1.82) is 0 Å². The van der Waals surface area contributed by atoms with Gasteiger partial charge in [-0.25, -0.2) is 0 Å². The molecule has 1 amide bonds. The first-order valence-corrected chi connectivity index (χ1v) is 7.69. The third kappa shape index (κ3) is 4.03. The summed E-state index contributed by atoms with van der Waals surface area (Å²) in [4.78, 5) is 14.5. The molecule has 0 bridgehead atoms. The summed E-state index contributed by atoms with van der Waals surface area (Å²) in [6.45, 7) is 4.84. The van der Waals surface area contributed by atoms with Crippen LogP contribution in [-0.2, 0) is 16.1 Å². The van der Waals surface area contributed by atoms with Crippen molar-refractivity contribution in [2.45, 2.75) is 25.0 Å². The van der Waals surface area contributed by atoms with Crippen molar-refractivity contribution in [3.8, 4) is 0 Å². The number of likely N-dealkylation sites (tertiary alicyclic amines) is 1. The van der Waals surface area contributed by atoms with Crippen molar-refractivity contribution in [2.75, 3.05) is 32.8 Å². The summed E-state index contributed by atoms with van der Waals surface area (Å²) in [6, 6.07) is 10.5. The molecular weight excluding hydrogens is 266 g/mol. The van der Waals surface area contributed by atoms with Gasteiger partial charge in [0.15, 0.2) is 0 Å². The Morgan fingerprint density at radius 3 is 3.00 bits per heavy atom. The van der Waals surface area contributed by atoms with Crippen LogP contribution in [0.4, 0.5) is 0 Å². The maximum Gasteiger partial charge on any atom is 0.239 e. The molecule has 2 N–H and O–H groups in total. The Morgan fingerprint density at radius 2 is 2.24 bits per heavy atom. The van der Waals surface area contributed by atoms with Crippen LogP contribution in [0.2, 0.25) is 0 Å². The van der Waals surface area contributed by atoms with Gasteiger partial charge in [-0.3, -0.25) is 9.69 Å². The molecule has 0 radical (unpaired) electrons. The summed E-state index contributed by atoms with van der Waals surface area (Å²) in [5.41, 5.74) is 1.33. The Morgan fingerprint density at radius 1 is 1.38 bits per heavy atom. The lowest BCUT2D eigenvalue weighted by Crippen LogP contribution is -2.53. The lowest BCUT2D eigenvalue weighted by molar-refractivity contribution is -0.126. The van der Waals surface area contributed by atoms with Gasteiger partial charge in [0.25, 0.3) is 0 Å². The third-order valence-corrected chi connectivity index (χ3v) is 4.11. The molecule has 5 heteroatoms. The highest BCUT2D eigenvalue weighted by Crippen LogP contribution is 2.13. The lowest BCUT2D eigenvalue weighted by atomic mass is 10.2. The van der Waals surface area contributed by atoms with E-state index in [0.29, 0.717) is 13.2 Å². The maximum atomic E-state index is 12.1. The number of benzene rings is 1. The number of ether oxygens (including phenoxy) is 1. The van der Waals surface area contributed by atoms with E-state index >= 15 is 0 Å². The third-order valence-electron chi connectivity index (χ3n) is 4.11. The molecule has 3 rings (SSSR count). The van der Waals surface area contributed by atoms with Gasteiger partial charge in [-0.15, -0.1) is 0 Å². The van der Waals surface area contributed by atoms with Crippen LogP contribution in [0.1, 0.15) is 12.0 Å². The molecule has 114 valence electrons. The second-order valence-corrected chi connectivity index (χ2v) is 5.80. The van der Waals surface area contributed by atoms with Crippen LogP contribution in [-0.4, -0.2) is 55.7 Å².